The summed E-state index contributed by atoms with van der Waals surface area (Å²) in [6.45, 7) is 2.77. The van der Waals surface area contributed by atoms with Gasteiger partial charge in [-0.25, -0.2) is 0 Å². The third-order valence-corrected chi connectivity index (χ3v) is 2.46. The molecule has 1 aliphatic rings. The number of ether oxygens (including phenoxy) is 1. The van der Waals surface area contributed by atoms with Gasteiger partial charge in [-0.3, -0.25) is 0 Å². The zero-order valence-corrected chi connectivity index (χ0v) is 7.11. The minimum absolute atomic E-state index is 0.776. The van der Waals surface area contributed by atoms with Gasteiger partial charge in [0, 0.05) is 6.42 Å². The second-order valence-electron chi connectivity index (χ2n) is 2.78. The van der Waals surface area contributed by atoms with Crippen molar-refractivity contribution in [1.29, 1.82) is 0 Å². The topological polar surface area (TPSA) is 9.23 Å². The van der Waals surface area contributed by atoms with E-state index in [-0.39, 0.29) is 0 Å². The third kappa shape index (κ3) is 1.000. The second-order valence-corrected chi connectivity index (χ2v) is 3.16. The van der Waals surface area contributed by atoms with Gasteiger partial charge < -0.3 is 4.74 Å². The van der Waals surface area contributed by atoms with Gasteiger partial charge in [0.15, 0.2) is 0 Å². The lowest BCUT2D eigenvalue weighted by Crippen LogP contribution is -1.87. The van der Waals surface area contributed by atoms with E-state index in [0.29, 0.717) is 0 Å². The number of aryl methyl sites for hydroxylation is 1. The first-order valence-electron chi connectivity index (χ1n) is 3.70. The Balaban J connectivity index is 2.62. The lowest BCUT2D eigenvalue weighted by atomic mass is 10.1. The van der Waals surface area contributed by atoms with Crippen molar-refractivity contribution in [3.8, 4) is 5.75 Å². The molecule has 1 nitrogen and oxygen atoms in total. The van der Waals surface area contributed by atoms with Crippen LogP contribution in [-0.4, -0.2) is 6.61 Å². The normalized spacial score (nSPS) is 14.4. The van der Waals surface area contributed by atoms with Crippen molar-refractivity contribution in [3.63, 3.8) is 0 Å². The van der Waals surface area contributed by atoms with Gasteiger partial charge in [-0.05, 0) is 18.1 Å². The maximum absolute atomic E-state index is 6.01. The molecule has 0 unspecified atom stereocenters. The summed E-state index contributed by atoms with van der Waals surface area (Å²) in [6, 6.07) is 4.12. The predicted octanol–water partition coefficient (Wildman–Crippen LogP) is 2.58. The van der Waals surface area contributed by atoms with E-state index in [4.69, 9.17) is 16.3 Å². The van der Waals surface area contributed by atoms with Gasteiger partial charge in [0.1, 0.15) is 5.75 Å². The summed E-state index contributed by atoms with van der Waals surface area (Å²) in [4.78, 5) is 0. The largest absolute Gasteiger partial charge is 0.491 e. The molecule has 0 saturated carbocycles. The number of hydrogen-bond donors (Lipinski definition) is 0. The Hall–Kier alpha value is -0.690. The van der Waals surface area contributed by atoms with Gasteiger partial charge >= 0.3 is 0 Å². The smallest absolute Gasteiger partial charge is 0.141 e. The monoisotopic (exact) mass is 168 g/mol. The highest BCUT2D eigenvalue weighted by molar-refractivity contribution is 6.33. The van der Waals surface area contributed by atoms with Crippen LogP contribution >= 0.6 is 11.6 Å². The Kier molecular flexibility index (Phi) is 1.53. The molecule has 2 rings (SSSR count). The molecule has 1 aliphatic heterocycles. The van der Waals surface area contributed by atoms with Crippen LogP contribution in [0.3, 0.4) is 0 Å². The molecule has 0 amide bonds. The van der Waals surface area contributed by atoms with Crippen LogP contribution in [0, 0.1) is 6.92 Å². The van der Waals surface area contributed by atoms with Crippen molar-refractivity contribution in [2.45, 2.75) is 13.3 Å². The van der Waals surface area contributed by atoms with Crippen molar-refractivity contribution in [2.75, 3.05) is 6.61 Å². The number of hydrogen-bond acceptors (Lipinski definition) is 1. The first-order chi connectivity index (χ1) is 5.29. The fourth-order valence-electron chi connectivity index (χ4n) is 1.31. The predicted molar refractivity (Wildman–Crippen MR) is 45.4 cm³/mol. The molecule has 0 radical (unpaired) electrons. The van der Waals surface area contributed by atoms with E-state index in [1.54, 1.807) is 0 Å². The van der Waals surface area contributed by atoms with E-state index in [1.807, 2.05) is 13.0 Å². The van der Waals surface area contributed by atoms with Crippen LogP contribution in [0.15, 0.2) is 12.1 Å². The van der Waals surface area contributed by atoms with Crippen molar-refractivity contribution in [2.24, 2.45) is 0 Å². The summed E-state index contributed by atoms with van der Waals surface area (Å²) in [6.07, 6.45) is 0.995. The Morgan fingerprint density at radius 1 is 1.45 bits per heavy atom. The average Bonchev–Trinajstić information content (AvgIpc) is 2.45. The maximum Gasteiger partial charge on any atom is 0.141 e. The molecule has 58 valence electrons. The highest BCUT2D eigenvalue weighted by atomic mass is 35.5. The number of benzene rings is 1. The summed E-state index contributed by atoms with van der Waals surface area (Å²) in [5, 5.41) is 0.778. The number of halogens is 1. The molecule has 1 aromatic rings. The van der Waals surface area contributed by atoms with E-state index < -0.39 is 0 Å². The summed E-state index contributed by atoms with van der Waals surface area (Å²) in [5.41, 5.74) is 2.33. The molecule has 1 aromatic carbocycles. The van der Waals surface area contributed by atoms with Crippen molar-refractivity contribution in [1.82, 2.24) is 0 Å². The van der Waals surface area contributed by atoms with Gasteiger partial charge in [0.05, 0.1) is 11.6 Å². The molecule has 0 N–H and O–H groups in total. The SMILES string of the molecule is Cc1ccc2c(c1Cl)OCC2. The zero-order valence-electron chi connectivity index (χ0n) is 6.36. The molecule has 0 saturated heterocycles. The fourth-order valence-corrected chi connectivity index (χ4v) is 1.55. The van der Waals surface area contributed by atoms with Crippen LogP contribution < -0.4 is 4.74 Å². The van der Waals surface area contributed by atoms with Crippen LogP contribution in [0.1, 0.15) is 11.1 Å². The van der Waals surface area contributed by atoms with E-state index in [9.17, 15) is 0 Å². The molecular formula is C9H9ClO. The van der Waals surface area contributed by atoms with E-state index in [0.717, 1.165) is 29.4 Å². The Morgan fingerprint density at radius 3 is 3.09 bits per heavy atom. The molecule has 0 fully saturated rings. The van der Waals surface area contributed by atoms with Gasteiger partial charge in [0.2, 0.25) is 0 Å². The molecule has 0 atom stereocenters. The van der Waals surface area contributed by atoms with Crippen molar-refractivity contribution in [3.05, 3.63) is 28.3 Å². The Bertz CT molecular complexity index is 294. The molecule has 2 heteroatoms. The molecule has 0 spiro atoms. The van der Waals surface area contributed by atoms with Crippen LogP contribution in [-0.2, 0) is 6.42 Å². The second kappa shape index (κ2) is 2.42. The average molecular weight is 169 g/mol. The quantitative estimate of drug-likeness (QED) is 0.579. The first-order valence-corrected chi connectivity index (χ1v) is 4.07. The summed E-state index contributed by atoms with van der Waals surface area (Å²) in [7, 11) is 0. The zero-order chi connectivity index (χ0) is 7.84. The van der Waals surface area contributed by atoms with Crippen molar-refractivity contribution < 1.29 is 4.74 Å². The first kappa shape index (κ1) is 6.99. The van der Waals surface area contributed by atoms with Gasteiger partial charge in [-0.15, -0.1) is 0 Å². The Morgan fingerprint density at radius 2 is 2.27 bits per heavy atom. The maximum atomic E-state index is 6.01. The van der Waals surface area contributed by atoms with Crippen LogP contribution in [0.25, 0.3) is 0 Å². The van der Waals surface area contributed by atoms with Gasteiger partial charge in [0.25, 0.3) is 0 Å². The Labute approximate surface area is 70.9 Å². The summed E-state index contributed by atoms with van der Waals surface area (Å²) in [5.74, 6) is 0.895. The van der Waals surface area contributed by atoms with Crippen LogP contribution in [0.5, 0.6) is 5.75 Å². The van der Waals surface area contributed by atoms with Crippen LogP contribution in [0.4, 0.5) is 0 Å². The lowest BCUT2D eigenvalue weighted by molar-refractivity contribution is 0.357. The fraction of sp³-hybridized carbons (Fsp3) is 0.333. The minimum Gasteiger partial charge on any atom is -0.491 e. The molecule has 1 heterocycles. The van der Waals surface area contributed by atoms with Gasteiger partial charge in [-0.1, -0.05) is 23.7 Å². The third-order valence-electron chi connectivity index (χ3n) is 1.99. The van der Waals surface area contributed by atoms with E-state index >= 15 is 0 Å². The van der Waals surface area contributed by atoms with Gasteiger partial charge in [-0.2, -0.15) is 0 Å². The molecule has 0 aromatic heterocycles. The molecule has 0 aliphatic carbocycles. The highest BCUT2D eigenvalue weighted by Gasteiger charge is 2.15. The minimum atomic E-state index is 0.776. The lowest BCUT2D eigenvalue weighted by Gasteiger charge is -2.03. The molecule has 11 heavy (non-hydrogen) atoms. The molecular weight excluding hydrogens is 160 g/mol. The molecule has 0 bridgehead atoms. The number of rotatable bonds is 0. The van der Waals surface area contributed by atoms with Crippen molar-refractivity contribution >= 4 is 11.6 Å². The highest BCUT2D eigenvalue weighted by Crippen LogP contribution is 2.35. The van der Waals surface area contributed by atoms with E-state index in [1.165, 1.54) is 5.56 Å². The van der Waals surface area contributed by atoms with Crippen LogP contribution in [0.2, 0.25) is 5.02 Å². The standard InChI is InChI=1S/C9H9ClO/c1-6-2-3-7-4-5-11-9(7)8(6)10/h2-3H,4-5H2,1H3. The number of fused-ring (bicyclic) bond motifs is 1. The van der Waals surface area contributed by atoms with E-state index in [2.05, 4.69) is 6.07 Å². The summed E-state index contributed by atoms with van der Waals surface area (Å²) >= 11 is 6.01. The summed E-state index contributed by atoms with van der Waals surface area (Å²) < 4.78 is 5.38.